The lowest BCUT2D eigenvalue weighted by Crippen LogP contribution is -3.14. The van der Waals surface area contributed by atoms with Gasteiger partial charge in [-0.05, 0) is 24.4 Å². The van der Waals surface area contributed by atoms with Crippen molar-refractivity contribution in [3.8, 4) is 0 Å². The van der Waals surface area contributed by atoms with Gasteiger partial charge in [0.25, 0.3) is 0 Å². The summed E-state index contributed by atoms with van der Waals surface area (Å²) in [6.45, 7) is 1.07. The first kappa shape index (κ1) is 23.7. The lowest BCUT2D eigenvalue weighted by Gasteiger charge is -2.27. The monoisotopic (exact) mass is 472 g/mol. The number of likely N-dealkylation sites (tertiary alicyclic amines) is 1. The topological polar surface area (TPSA) is 74.0 Å². The van der Waals surface area contributed by atoms with Crippen LogP contribution >= 0.6 is 7.92 Å². The molecule has 1 N–H and O–H groups in total. The Morgan fingerprint density at radius 3 is 2.13 bits per heavy atom. The number of alkyl halides is 3. The fourth-order valence-electron chi connectivity index (χ4n) is 3.83. The van der Waals surface area contributed by atoms with E-state index < -0.39 is 29.4 Å². The zero-order chi connectivity index (χ0) is 22.5. The lowest BCUT2D eigenvalue weighted by molar-refractivity contribution is -0.909. The number of benzene rings is 2. The van der Waals surface area contributed by atoms with Gasteiger partial charge in [-0.1, -0.05) is 60.7 Å². The average Bonchev–Trinajstić information content (AvgIpc) is 3.18. The molecule has 2 aromatic carbocycles. The minimum absolute atomic E-state index is 0.249. The third-order valence-electron chi connectivity index (χ3n) is 5.34. The third kappa shape index (κ3) is 6.28. The fraction of sp³-hybridized carbons (Fsp3) is 0.381. The van der Waals surface area contributed by atoms with Crippen LogP contribution in [0.25, 0.3) is 0 Å². The Bertz CT molecular complexity index is 946. The zero-order valence-corrected chi connectivity index (χ0v) is 18.5. The fourth-order valence-corrected chi connectivity index (χ4v) is 6.96. The van der Waals surface area contributed by atoms with E-state index >= 15 is 0 Å². The molecular weight excluding hydrogens is 448 g/mol. The van der Waals surface area contributed by atoms with Crippen molar-refractivity contribution in [1.29, 1.82) is 0 Å². The van der Waals surface area contributed by atoms with E-state index in [0.29, 0.717) is 0 Å². The van der Waals surface area contributed by atoms with Crippen LogP contribution < -0.4 is 20.6 Å². The van der Waals surface area contributed by atoms with Crippen molar-refractivity contribution in [2.24, 2.45) is 4.40 Å². The number of hydrogen-bond acceptors (Lipinski definition) is 3. The molecule has 0 spiro atoms. The molecule has 0 aromatic heterocycles. The molecule has 1 saturated heterocycles. The molecule has 0 saturated carbocycles. The van der Waals surface area contributed by atoms with Gasteiger partial charge in [0.05, 0.1) is 19.1 Å². The SMILES string of the molecule is O=S(=O)(/N=C(\[O-])CC[NH+]1CCC[C@H]1CP(c1ccccc1)c1ccccc1)C(F)(F)F. The van der Waals surface area contributed by atoms with Crippen LogP contribution in [0, 0.1) is 0 Å². The smallest absolute Gasteiger partial charge is 0.518 e. The van der Waals surface area contributed by atoms with Crippen LogP contribution in [0.3, 0.4) is 0 Å². The summed E-state index contributed by atoms with van der Waals surface area (Å²) >= 11 is 0. The highest BCUT2D eigenvalue weighted by molar-refractivity contribution is 7.91. The molecule has 5 nitrogen and oxygen atoms in total. The Labute approximate surface area is 181 Å². The number of hydrogen-bond donors (Lipinski definition) is 1. The summed E-state index contributed by atoms with van der Waals surface area (Å²) in [5.74, 6) is -1.25. The first-order valence-electron chi connectivity index (χ1n) is 9.97. The molecule has 2 aromatic rings. The minimum Gasteiger partial charge on any atom is -0.861 e. The quantitative estimate of drug-likeness (QED) is 0.356. The lowest BCUT2D eigenvalue weighted by atomic mass is 10.2. The molecule has 10 heteroatoms. The first-order chi connectivity index (χ1) is 14.7. The maximum atomic E-state index is 12.4. The molecule has 3 rings (SSSR count). The highest BCUT2D eigenvalue weighted by Gasteiger charge is 2.45. The van der Waals surface area contributed by atoms with Crippen molar-refractivity contribution >= 4 is 34.5 Å². The number of nitrogens with zero attached hydrogens (tertiary/aromatic N) is 1. The zero-order valence-electron chi connectivity index (χ0n) is 16.8. The highest BCUT2D eigenvalue weighted by Crippen LogP contribution is 2.35. The normalized spacial score (nSPS) is 20.3. The second-order valence-electron chi connectivity index (χ2n) is 7.43. The maximum Gasteiger partial charge on any atom is 0.518 e. The van der Waals surface area contributed by atoms with Gasteiger partial charge in [0.1, 0.15) is 0 Å². The van der Waals surface area contributed by atoms with Gasteiger partial charge in [0, 0.05) is 25.4 Å². The first-order valence-corrected chi connectivity index (χ1v) is 12.9. The van der Waals surface area contributed by atoms with E-state index in [0.717, 1.165) is 30.4 Å². The van der Waals surface area contributed by atoms with Crippen LogP contribution in [0.2, 0.25) is 0 Å². The van der Waals surface area contributed by atoms with E-state index in [-0.39, 0.29) is 19.0 Å². The molecule has 2 atom stereocenters. The summed E-state index contributed by atoms with van der Waals surface area (Å²) in [7, 11) is -6.40. The molecule has 31 heavy (non-hydrogen) atoms. The Morgan fingerprint density at radius 1 is 1.06 bits per heavy atom. The van der Waals surface area contributed by atoms with Crippen molar-refractivity contribution in [2.45, 2.75) is 30.8 Å². The standard InChI is InChI=1S/C21H24F3N2O3PS/c22-21(23,24)31(28,29)25-20(27)13-15-26-14-7-8-17(26)16-30(18-9-3-1-4-10-18)19-11-5-2-6-12-19/h1-6,9-12,17H,7-8,13-16H2,(H,25,27)/t17-/m0/s1. The Kier molecular flexibility index (Phi) is 7.73. The van der Waals surface area contributed by atoms with E-state index in [2.05, 4.69) is 28.7 Å². The molecule has 0 bridgehead atoms. The molecule has 0 amide bonds. The molecule has 1 aliphatic heterocycles. The number of halogens is 3. The Morgan fingerprint density at radius 2 is 1.61 bits per heavy atom. The summed E-state index contributed by atoms with van der Waals surface area (Å²) in [6, 6.07) is 20.7. The van der Waals surface area contributed by atoms with E-state index in [9.17, 15) is 26.7 Å². The second-order valence-corrected chi connectivity index (χ2v) is 11.3. The summed E-state index contributed by atoms with van der Waals surface area (Å²) in [5, 5.41) is 14.3. The maximum absolute atomic E-state index is 12.4. The van der Waals surface area contributed by atoms with Crippen molar-refractivity contribution in [3.63, 3.8) is 0 Å². The van der Waals surface area contributed by atoms with E-state index in [4.69, 9.17) is 0 Å². The highest BCUT2D eigenvalue weighted by atomic mass is 32.2. The Hall–Kier alpha value is -1.96. The summed E-state index contributed by atoms with van der Waals surface area (Å²) in [4.78, 5) is 1.12. The van der Waals surface area contributed by atoms with Gasteiger partial charge in [0.2, 0.25) is 0 Å². The van der Waals surface area contributed by atoms with Crippen LogP contribution in [0.4, 0.5) is 13.2 Å². The van der Waals surface area contributed by atoms with Gasteiger partial charge in [-0.3, -0.25) is 0 Å². The Balaban J connectivity index is 1.70. The van der Waals surface area contributed by atoms with E-state index in [1.54, 1.807) is 0 Å². The van der Waals surface area contributed by atoms with Crippen molar-refractivity contribution in [2.75, 3.05) is 19.3 Å². The number of quaternary nitrogens is 1. The van der Waals surface area contributed by atoms with E-state index in [1.807, 2.05) is 36.4 Å². The van der Waals surface area contributed by atoms with Crippen LogP contribution in [-0.2, 0) is 10.0 Å². The largest absolute Gasteiger partial charge is 0.861 e. The number of nitrogens with one attached hydrogen (secondary N) is 1. The van der Waals surface area contributed by atoms with Crippen LogP contribution in [0.1, 0.15) is 19.3 Å². The molecule has 0 aliphatic carbocycles. The molecule has 1 aliphatic rings. The van der Waals surface area contributed by atoms with E-state index in [1.165, 1.54) is 10.6 Å². The van der Waals surface area contributed by atoms with Crippen molar-refractivity contribution < 1.29 is 31.6 Å². The van der Waals surface area contributed by atoms with Gasteiger partial charge < -0.3 is 10.0 Å². The molecule has 1 unspecified atom stereocenters. The van der Waals surface area contributed by atoms with Crippen LogP contribution in [0.5, 0.6) is 0 Å². The van der Waals surface area contributed by atoms with Gasteiger partial charge >= 0.3 is 15.5 Å². The summed E-state index contributed by atoms with van der Waals surface area (Å²) in [5.41, 5.74) is -5.55. The number of sulfonamides is 1. The van der Waals surface area contributed by atoms with Gasteiger partial charge in [0.15, 0.2) is 0 Å². The van der Waals surface area contributed by atoms with Crippen molar-refractivity contribution in [1.82, 2.24) is 0 Å². The molecular formula is C21H24F3N2O3PS. The third-order valence-corrected chi connectivity index (χ3v) is 9.02. The summed E-state index contributed by atoms with van der Waals surface area (Å²) in [6.07, 6.45) is 2.49. The second kappa shape index (κ2) is 10.1. The van der Waals surface area contributed by atoms with Crippen LogP contribution in [-0.4, -0.2) is 45.1 Å². The average molecular weight is 472 g/mol. The van der Waals surface area contributed by atoms with Crippen molar-refractivity contribution in [3.05, 3.63) is 60.7 Å². The predicted octanol–water partition coefficient (Wildman–Crippen LogP) is 1.17. The molecule has 0 radical (unpaired) electrons. The van der Waals surface area contributed by atoms with Gasteiger partial charge in [-0.15, -0.1) is 0 Å². The molecule has 168 valence electrons. The predicted molar refractivity (Wildman–Crippen MR) is 115 cm³/mol. The van der Waals surface area contributed by atoms with Gasteiger partial charge in [-0.2, -0.15) is 26.0 Å². The minimum atomic E-state index is -5.78. The number of rotatable bonds is 8. The van der Waals surface area contributed by atoms with Gasteiger partial charge in [-0.25, -0.2) is 0 Å². The summed E-state index contributed by atoms with van der Waals surface area (Å²) < 4.78 is 61.8. The molecule has 1 fully saturated rings. The molecule has 1 heterocycles. The van der Waals surface area contributed by atoms with Crippen LogP contribution in [0.15, 0.2) is 65.1 Å².